The maximum atomic E-state index is 11.0. The van der Waals surface area contributed by atoms with Crippen molar-refractivity contribution < 1.29 is 55.1 Å². The Morgan fingerprint density at radius 1 is 1.04 bits per heavy atom. The maximum absolute atomic E-state index is 11.0. The fourth-order valence-electron chi connectivity index (χ4n) is 1.99. The third kappa shape index (κ3) is 4.87. The molecule has 0 aromatic rings. The zero-order chi connectivity index (χ0) is 17.7. The van der Waals surface area contributed by atoms with Crippen LogP contribution in [0.15, 0.2) is 0 Å². The molecule has 3 unspecified atom stereocenters. The van der Waals surface area contributed by atoms with E-state index in [9.17, 15) is 35.4 Å². The van der Waals surface area contributed by atoms with E-state index in [2.05, 4.69) is 0 Å². The topological polar surface area (TPSA) is 197 Å². The lowest BCUT2D eigenvalue weighted by atomic mass is 9.99. The zero-order valence-electron chi connectivity index (χ0n) is 12.0. The van der Waals surface area contributed by atoms with Gasteiger partial charge in [-0.15, -0.1) is 0 Å². The number of carbonyl (C=O) groups is 1. The first-order valence-electron chi connectivity index (χ1n) is 6.84. The summed E-state index contributed by atoms with van der Waals surface area (Å²) in [6, 6.07) is 0. The number of hydrogen-bond acceptors (Lipinski definition) is 11. The van der Waals surface area contributed by atoms with E-state index in [1.54, 1.807) is 0 Å². The molecule has 8 atom stereocenters. The molecule has 11 heteroatoms. The molecule has 1 aliphatic rings. The van der Waals surface area contributed by atoms with Crippen LogP contribution in [0.4, 0.5) is 0 Å². The molecule has 0 amide bonds. The summed E-state index contributed by atoms with van der Waals surface area (Å²) < 4.78 is 9.94. The fraction of sp³-hybridized carbons (Fsp3) is 0.917. The quantitative estimate of drug-likeness (QED) is 0.209. The second-order valence-corrected chi connectivity index (χ2v) is 5.16. The second kappa shape index (κ2) is 8.94. The highest BCUT2D eigenvalue weighted by Gasteiger charge is 2.44. The lowest BCUT2D eigenvalue weighted by Crippen LogP contribution is -2.59. The van der Waals surface area contributed by atoms with Gasteiger partial charge in [-0.1, -0.05) is 0 Å². The summed E-state index contributed by atoms with van der Waals surface area (Å²) in [5.41, 5.74) is 0. The first-order valence-corrected chi connectivity index (χ1v) is 6.84. The molecule has 1 aliphatic heterocycles. The van der Waals surface area contributed by atoms with Crippen LogP contribution in [0, 0.1) is 0 Å². The van der Waals surface area contributed by atoms with Crippen molar-refractivity contribution in [1.29, 1.82) is 0 Å². The van der Waals surface area contributed by atoms with Gasteiger partial charge in [-0.2, -0.15) is 0 Å². The van der Waals surface area contributed by atoms with Crippen LogP contribution in [0.25, 0.3) is 0 Å². The molecule has 11 nitrogen and oxygen atoms in total. The Hall–Kier alpha value is -0.730. The van der Waals surface area contributed by atoms with Gasteiger partial charge in [-0.05, 0) is 0 Å². The summed E-state index contributed by atoms with van der Waals surface area (Å²) in [7, 11) is 0. The van der Waals surface area contributed by atoms with Crippen molar-refractivity contribution in [2.24, 2.45) is 0 Å². The van der Waals surface area contributed by atoms with Crippen molar-refractivity contribution in [3.05, 3.63) is 0 Å². The van der Waals surface area contributed by atoms with Gasteiger partial charge in [0.05, 0.1) is 13.2 Å². The molecule has 1 heterocycles. The standard InChI is InChI=1S/C12H22O11/c13-1-4(15)7(17)8(18)5(16)3-22-12-11(21)10(20)9(19)6(2-14)23-12/h5-14,16-21H,1-3H2/t5?,6-,7?,8?,9+,10+,11-,12+/m1/s1. The van der Waals surface area contributed by atoms with Crippen LogP contribution in [-0.4, -0.2) is 115 Å². The van der Waals surface area contributed by atoms with Gasteiger partial charge < -0.3 is 50.3 Å². The van der Waals surface area contributed by atoms with E-state index in [1.165, 1.54) is 0 Å². The second-order valence-electron chi connectivity index (χ2n) is 5.16. The van der Waals surface area contributed by atoms with Gasteiger partial charge in [0.2, 0.25) is 0 Å². The van der Waals surface area contributed by atoms with Gasteiger partial charge in [0, 0.05) is 0 Å². The van der Waals surface area contributed by atoms with Crippen molar-refractivity contribution in [3.63, 3.8) is 0 Å². The monoisotopic (exact) mass is 342 g/mol. The van der Waals surface area contributed by atoms with Crippen molar-refractivity contribution >= 4 is 5.78 Å². The average molecular weight is 342 g/mol. The summed E-state index contributed by atoms with van der Waals surface area (Å²) >= 11 is 0. The van der Waals surface area contributed by atoms with Gasteiger partial charge in [0.25, 0.3) is 0 Å². The fourth-order valence-corrected chi connectivity index (χ4v) is 1.99. The number of aliphatic hydroxyl groups excluding tert-OH is 8. The van der Waals surface area contributed by atoms with E-state index >= 15 is 0 Å². The highest BCUT2D eigenvalue weighted by atomic mass is 16.7. The van der Waals surface area contributed by atoms with Crippen molar-refractivity contribution in [3.8, 4) is 0 Å². The van der Waals surface area contributed by atoms with Crippen LogP contribution in [0.3, 0.4) is 0 Å². The molecule has 0 spiro atoms. The van der Waals surface area contributed by atoms with Crippen LogP contribution in [0.2, 0.25) is 0 Å². The van der Waals surface area contributed by atoms with E-state index in [0.717, 1.165) is 0 Å². The van der Waals surface area contributed by atoms with Crippen LogP contribution < -0.4 is 0 Å². The predicted molar refractivity (Wildman–Crippen MR) is 69.8 cm³/mol. The molecular weight excluding hydrogens is 320 g/mol. The SMILES string of the molecule is O=C(CO)C(O)C(O)C(O)CO[C@H]1O[C@H](CO)[C@H](O)[C@H](O)[C@H]1O. The third-order valence-electron chi connectivity index (χ3n) is 3.48. The van der Waals surface area contributed by atoms with Gasteiger partial charge in [0.15, 0.2) is 12.1 Å². The van der Waals surface area contributed by atoms with E-state index in [1.807, 2.05) is 0 Å². The molecule has 1 saturated heterocycles. The summed E-state index contributed by atoms with van der Waals surface area (Å²) in [6.45, 7) is -2.40. The molecule has 0 aromatic heterocycles. The average Bonchev–Trinajstić information content (AvgIpc) is 2.56. The molecule has 136 valence electrons. The number of ketones is 1. The highest BCUT2D eigenvalue weighted by molar-refractivity contribution is 5.84. The lowest BCUT2D eigenvalue weighted by Gasteiger charge is -2.40. The van der Waals surface area contributed by atoms with Gasteiger partial charge >= 0.3 is 0 Å². The van der Waals surface area contributed by atoms with E-state index < -0.39 is 74.6 Å². The summed E-state index contributed by atoms with van der Waals surface area (Å²) in [5, 5.41) is 74.8. The Balaban J connectivity index is 2.57. The van der Waals surface area contributed by atoms with Gasteiger partial charge in [-0.25, -0.2) is 0 Å². The first-order chi connectivity index (χ1) is 10.7. The molecule has 0 aliphatic carbocycles. The van der Waals surface area contributed by atoms with Gasteiger partial charge in [-0.3, -0.25) is 4.79 Å². The van der Waals surface area contributed by atoms with Crippen molar-refractivity contribution in [2.75, 3.05) is 19.8 Å². The molecule has 23 heavy (non-hydrogen) atoms. The Labute approximate surface area is 130 Å². The van der Waals surface area contributed by atoms with Crippen molar-refractivity contribution in [1.82, 2.24) is 0 Å². The summed E-state index contributed by atoms with van der Waals surface area (Å²) in [4.78, 5) is 11.0. The lowest BCUT2D eigenvalue weighted by molar-refractivity contribution is -0.306. The van der Waals surface area contributed by atoms with Crippen LogP contribution >= 0.6 is 0 Å². The molecule has 1 rings (SSSR count). The van der Waals surface area contributed by atoms with E-state index in [4.69, 9.17) is 19.7 Å². The molecule has 0 saturated carbocycles. The number of hydrogen-bond donors (Lipinski definition) is 8. The minimum atomic E-state index is -2.03. The minimum Gasteiger partial charge on any atom is -0.394 e. The molecule has 1 fully saturated rings. The summed E-state index contributed by atoms with van der Waals surface area (Å²) in [6.07, 6.45) is -13.4. The smallest absolute Gasteiger partial charge is 0.189 e. The third-order valence-corrected chi connectivity index (χ3v) is 3.48. The van der Waals surface area contributed by atoms with Gasteiger partial charge in [0.1, 0.15) is 49.3 Å². The number of Topliss-reactive ketones (excluding diaryl/α,β-unsaturated/α-hetero) is 1. The van der Waals surface area contributed by atoms with E-state index in [-0.39, 0.29) is 0 Å². The maximum Gasteiger partial charge on any atom is 0.189 e. The molecule has 0 aromatic carbocycles. The summed E-state index contributed by atoms with van der Waals surface area (Å²) in [5.74, 6) is -1.11. The number of aliphatic hydroxyl groups is 8. The predicted octanol–water partition coefficient (Wildman–Crippen LogP) is -5.55. The number of ether oxygens (including phenoxy) is 2. The van der Waals surface area contributed by atoms with Crippen molar-refractivity contribution in [2.45, 2.75) is 49.0 Å². The molecular formula is C12H22O11. The first kappa shape index (κ1) is 20.3. The molecule has 8 N–H and O–H groups in total. The minimum absolute atomic E-state index is 0.667. The normalized spacial score (nSPS) is 35.6. The van der Waals surface area contributed by atoms with Crippen LogP contribution in [-0.2, 0) is 14.3 Å². The zero-order valence-corrected chi connectivity index (χ0v) is 12.0. The Morgan fingerprint density at radius 3 is 2.17 bits per heavy atom. The molecule has 0 bridgehead atoms. The van der Waals surface area contributed by atoms with Crippen LogP contribution in [0.1, 0.15) is 0 Å². The Kier molecular flexibility index (Phi) is 7.89. The Bertz CT molecular complexity index is 376. The van der Waals surface area contributed by atoms with E-state index in [0.29, 0.717) is 0 Å². The molecule has 0 radical (unpaired) electrons. The largest absolute Gasteiger partial charge is 0.394 e. The van der Waals surface area contributed by atoms with Crippen LogP contribution in [0.5, 0.6) is 0 Å². The Morgan fingerprint density at radius 2 is 1.65 bits per heavy atom. The highest BCUT2D eigenvalue weighted by Crippen LogP contribution is 2.22. The number of carbonyl (C=O) groups excluding carboxylic acids is 1. The number of rotatable bonds is 8.